The molecule has 0 radical (unpaired) electrons. The zero-order valence-corrected chi connectivity index (χ0v) is 13.7. The molecule has 1 aliphatic heterocycles. The highest BCUT2D eigenvalue weighted by atomic mass is 16.5. The molecule has 0 bridgehead atoms. The van der Waals surface area contributed by atoms with Crippen molar-refractivity contribution in [2.24, 2.45) is 5.41 Å². The number of rotatable bonds is 3. The first-order valence-electron chi connectivity index (χ1n) is 8.55. The maximum atomic E-state index is 6.57. The lowest BCUT2D eigenvalue weighted by atomic mass is 9.66. The summed E-state index contributed by atoms with van der Waals surface area (Å²) in [5.41, 5.74) is 1.79. The summed E-state index contributed by atoms with van der Waals surface area (Å²) in [6.07, 6.45) is 7.29. The minimum Gasteiger partial charge on any atom is -0.487 e. The molecular formula is C19H29NO. The molecule has 2 heteroatoms. The lowest BCUT2D eigenvalue weighted by Gasteiger charge is -2.49. The summed E-state index contributed by atoms with van der Waals surface area (Å²) in [4.78, 5) is 0. The second kappa shape index (κ2) is 5.64. The average molecular weight is 287 g/mol. The van der Waals surface area contributed by atoms with Gasteiger partial charge < -0.3 is 10.1 Å². The Balaban J connectivity index is 1.89. The Labute approximate surface area is 129 Å². The summed E-state index contributed by atoms with van der Waals surface area (Å²) in [5.74, 6) is 1.11. The molecule has 0 amide bonds. The number of benzene rings is 1. The van der Waals surface area contributed by atoms with E-state index in [1.54, 1.807) is 0 Å². The van der Waals surface area contributed by atoms with E-state index >= 15 is 0 Å². The van der Waals surface area contributed by atoms with E-state index in [1.807, 2.05) is 0 Å². The third-order valence-electron chi connectivity index (χ3n) is 5.12. The van der Waals surface area contributed by atoms with Crippen LogP contribution in [-0.2, 0) is 0 Å². The van der Waals surface area contributed by atoms with Gasteiger partial charge in [-0.3, -0.25) is 0 Å². The fraction of sp³-hybridized carbons (Fsp3) is 0.684. The number of para-hydroxylation sites is 1. The molecule has 1 saturated carbocycles. The Bertz CT molecular complexity index is 496. The van der Waals surface area contributed by atoms with Gasteiger partial charge in [0.25, 0.3) is 0 Å². The molecule has 1 spiro atoms. The van der Waals surface area contributed by atoms with Crippen LogP contribution in [0.5, 0.6) is 5.75 Å². The minimum absolute atomic E-state index is 0.0432. The van der Waals surface area contributed by atoms with E-state index < -0.39 is 0 Å². The summed E-state index contributed by atoms with van der Waals surface area (Å²) in [5, 5.41) is 3.75. The van der Waals surface area contributed by atoms with Gasteiger partial charge >= 0.3 is 0 Å². The zero-order valence-electron chi connectivity index (χ0n) is 13.7. The van der Waals surface area contributed by atoms with Gasteiger partial charge in [0.2, 0.25) is 0 Å². The SMILES string of the molecule is CCCNC1CC2(CCCC(C)(C)C2)Oc2ccccc21. The molecule has 2 nitrogen and oxygen atoms in total. The predicted molar refractivity (Wildman–Crippen MR) is 87.7 cm³/mol. The van der Waals surface area contributed by atoms with Gasteiger partial charge in [-0.2, -0.15) is 0 Å². The summed E-state index contributed by atoms with van der Waals surface area (Å²) >= 11 is 0. The van der Waals surface area contributed by atoms with E-state index in [9.17, 15) is 0 Å². The van der Waals surface area contributed by atoms with Crippen molar-refractivity contribution in [3.05, 3.63) is 29.8 Å². The van der Waals surface area contributed by atoms with Crippen molar-refractivity contribution in [1.82, 2.24) is 5.32 Å². The highest BCUT2D eigenvalue weighted by Gasteiger charge is 2.46. The zero-order chi connectivity index (χ0) is 14.9. The molecule has 21 heavy (non-hydrogen) atoms. The molecular weight excluding hydrogens is 258 g/mol. The Morgan fingerprint density at radius 3 is 2.81 bits per heavy atom. The van der Waals surface area contributed by atoms with Crippen molar-refractivity contribution in [1.29, 1.82) is 0 Å². The van der Waals surface area contributed by atoms with Crippen LogP contribution >= 0.6 is 0 Å². The second-order valence-electron chi connectivity index (χ2n) is 7.73. The van der Waals surface area contributed by atoms with Crippen molar-refractivity contribution in [2.75, 3.05) is 6.54 Å². The van der Waals surface area contributed by atoms with Gasteiger partial charge in [0, 0.05) is 18.0 Å². The minimum atomic E-state index is 0.0432. The molecule has 2 unspecified atom stereocenters. The number of ether oxygens (including phenoxy) is 1. The molecule has 1 heterocycles. The van der Waals surface area contributed by atoms with Crippen LogP contribution in [0.3, 0.4) is 0 Å². The lowest BCUT2D eigenvalue weighted by molar-refractivity contribution is -0.0419. The van der Waals surface area contributed by atoms with E-state index in [4.69, 9.17) is 4.74 Å². The first-order chi connectivity index (χ1) is 10.0. The number of hydrogen-bond acceptors (Lipinski definition) is 2. The summed E-state index contributed by atoms with van der Waals surface area (Å²) in [6, 6.07) is 9.06. The molecule has 2 atom stereocenters. The Morgan fingerprint density at radius 2 is 2.05 bits per heavy atom. The quantitative estimate of drug-likeness (QED) is 0.858. The van der Waals surface area contributed by atoms with Crippen LogP contribution in [0.4, 0.5) is 0 Å². The van der Waals surface area contributed by atoms with Crippen LogP contribution in [-0.4, -0.2) is 12.1 Å². The first kappa shape index (κ1) is 14.9. The van der Waals surface area contributed by atoms with Gasteiger partial charge in [-0.25, -0.2) is 0 Å². The Morgan fingerprint density at radius 1 is 1.24 bits per heavy atom. The summed E-state index contributed by atoms with van der Waals surface area (Å²) in [6.45, 7) is 8.11. The van der Waals surface area contributed by atoms with E-state index in [2.05, 4.69) is 50.4 Å². The van der Waals surface area contributed by atoms with Crippen LogP contribution in [0.25, 0.3) is 0 Å². The molecule has 1 N–H and O–H groups in total. The highest BCUT2D eigenvalue weighted by Crippen LogP contribution is 2.50. The summed E-state index contributed by atoms with van der Waals surface area (Å²) < 4.78 is 6.57. The molecule has 1 fully saturated rings. The molecule has 1 aliphatic carbocycles. The maximum Gasteiger partial charge on any atom is 0.124 e. The van der Waals surface area contributed by atoms with Gasteiger partial charge in [-0.1, -0.05) is 39.0 Å². The van der Waals surface area contributed by atoms with Crippen molar-refractivity contribution >= 4 is 0 Å². The van der Waals surface area contributed by atoms with E-state index in [0.29, 0.717) is 11.5 Å². The third-order valence-corrected chi connectivity index (χ3v) is 5.12. The molecule has 0 saturated heterocycles. The van der Waals surface area contributed by atoms with Gasteiger partial charge in [-0.15, -0.1) is 0 Å². The highest BCUT2D eigenvalue weighted by molar-refractivity contribution is 5.39. The summed E-state index contributed by atoms with van der Waals surface area (Å²) in [7, 11) is 0. The van der Waals surface area contributed by atoms with Crippen molar-refractivity contribution in [3.63, 3.8) is 0 Å². The largest absolute Gasteiger partial charge is 0.487 e. The van der Waals surface area contributed by atoms with Crippen LogP contribution in [0.2, 0.25) is 0 Å². The smallest absolute Gasteiger partial charge is 0.124 e. The van der Waals surface area contributed by atoms with E-state index in [1.165, 1.54) is 37.7 Å². The molecule has 2 aliphatic rings. The van der Waals surface area contributed by atoms with Crippen LogP contribution in [0.1, 0.15) is 70.9 Å². The van der Waals surface area contributed by atoms with Crippen LogP contribution < -0.4 is 10.1 Å². The second-order valence-corrected chi connectivity index (χ2v) is 7.73. The Kier molecular flexibility index (Phi) is 4.00. The molecule has 3 rings (SSSR count). The van der Waals surface area contributed by atoms with Crippen molar-refractivity contribution in [3.8, 4) is 5.75 Å². The molecule has 1 aromatic carbocycles. The molecule has 116 valence electrons. The van der Waals surface area contributed by atoms with Crippen molar-refractivity contribution < 1.29 is 4.74 Å². The third kappa shape index (κ3) is 3.11. The number of hydrogen-bond donors (Lipinski definition) is 1. The van der Waals surface area contributed by atoms with Gasteiger partial charge in [0.15, 0.2) is 0 Å². The standard InChI is InChI=1S/C19H29NO/c1-4-12-20-16-13-19(11-7-10-18(2,3)14-19)21-17-9-6-5-8-15(16)17/h5-6,8-9,16,20H,4,7,10-14H2,1-3H3. The van der Waals surface area contributed by atoms with Gasteiger partial charge in [0.05, 0.1) is 0 Å². The number of nitrogens with one attached hydrogen (secondary N) is 1. The van der Waals surface area contributed by atoms with E-state index in [0.717, 1.165) is 18.7 Å². The fourth-order valence-corrected chi connectivity index (χ4v) is 4.32. The topological polar surface area (TPSA) is 21.3 Å². The lowest BCUT2D eigenvalue weighted by Crippen LogP contribution is -2.49. The van der Waals surface area contributed by atoms with Crippen LogP contribution in [0.15, 0.2) is 24.3 Å². The normalized spacial score (nSPS) is 30.7. The monoisotopic (exact) mass is 287 g/mol. The van der Waals surface area contributed by atoms with Crippen LogP contribution in [0, 0.1) is 5.41 Å². The predicted octanol–water partition coefficient (Wildman–Crippen LogP) is 4.85. The first-order valence-corrected chi connectivity index (χ1v) is 8.55. The fourth-order valence-electron chi connectivity index (χ4n) is 4.32. The number of fused-ring (bicyclic) bond motifs is 1. The maximum absolute atomic E-state index is 6.57. The van der Waals surface area contributed by atoms with Gasteiger partial charge in [0.1, 0.15) is 11.4 Å². The Hall–Kier alpha value is -1.02. The van der Waals surface area contributed by atoms with Gasteiger partial charge in [-0.05, 0) is 50.1 Å². The molecule has 0 aromatic heterocycles. The average Bonchev–Trinajstić information content (AvgIpc) is 2.43. The molecule has 1 aromatic rings. The van der Waals surface area contributed by atoms with Crippen molar-refractivity contribution in [2.45, 2.75) is 70.9 Å². The van der Waals surface area contributed by atoms with E-state index in [-0.39, 0.29) is 5.60 Å².